The molecular weight excluding hydrogens is 262 g/mol. The van der Waals surface area contributed by atoms with Crippen molar-refractivity contribution in [1.29, 1.82) is 0 Å². The van der Waals surface area contributed by atoms with Gasteiger partial charge in [0.25, 0.3) is 0 Å². The summed E-state index contributed by atoms with van der Waals surface area (Å²) in [7, 11) is 1.67. The van der Waals surface area contributed by atoms with Crippen molar-refractivity contribution in [3.63, 3.8) is 0 Å². The molecule has 1 fully saturated rings. The van der Waals surface area contributed by atoms with Gasteiger partial charge in [0.05, 0.1) is 22.4 Å². The Kier molecular flexibility index (Phi) is 3.46. The molecule has 0 aliphatic carbocycles. The largest absolute Gasteiger partial charge is 0.380 e. The first kappa shape index (κ1) is 12.5. The van der Waals surface area contributed by atoms with Gasteiger partial charge < -0.3 is 15.4 Å². The number of rotatable bonds is 3. The third kappa shape index (κ3) is 2.60. The summed E-state index contributed by atoms with van der Waals surface area (Å²) in [6.45, 7) is 0.717. The lowest BCUT2D eigenvalue weighted by Crippen LogP contribution is -2.35. The van der Waals surface area contributed by atoms with E-state index in [2.05, 4.69) is 15.6 Å². The number of benzene rings is 1. The van der Waals surface area contributed by atoms with Gasteiger partial charge in [0.2, 0.25) is 5.91 Å². The molecule has 2 N–H and O–H groups in total. The van der Waals surface area contributed by atoms with Crippen molar-refractivity contribution in [2.24, 2.45) is 0 Å². The Labute approximate surface area is 115 Å². The number of fused-ring (bicyclic) bond motifs is 1. The molecule has 2 heterocycles. The molecule has 0 saturated carbocycles. The van der Waals surface area contributed by atoms with Gasteiger partial charge in [-0.05, 0) is 18.6 Å². The van der Waals surface area contributed by atoms with Crippen LogP contribution in [0.4, 0.5) is 5.13 Å². The van der Waals surface area contributed by atoms with Crippen molar-refractivity contribution in [2.45, 2.75) is 18.6 Å². The molecule has 5 nitrogen and oxygen atoms in total. The molecule has 6 heteroatoms. The quantitative estimate of drug-likeness (QED) is 0.894. The molecule has 1 saturated heterocycles. The number of ether oxygens (including phenoxy) is 1. The van der Waals surface area contributed by atoms with Crippen LogP contribution in [0.25, 0.3) is 10.2 Å². The van der Waals surface area contributed by atoms with Gasteiger partial charge in [-0.2, -0.15) is 0 Å². The summed E-state index contributed by atoms with van der Waals surface area (Å²) in [5, 5.41) is 6.67. The van der Waals surface area contributed by atoms with Crippen LogP contribution < -0.4 is 10.6 Å². The highest BCUT2D eigenvalue weighted by atomic mass is 32.1. The fourth-order valence-corrected chi connectivity index (χ4v) is 3.07. The van der Waals surface area contributed by atoms with Crippen LogP contribution >= 0.6 is 11.3 Å². The number of anilines is 1. The van der Waals surface area contributed by atoms with Crippen molar-refractivity contribution in [3.8, 4) is 0 Å². The molecule has 0 radical (unpaired) electrons. The highest BCUT2D eigenvalue weighted by Crippen LogP contribution is 2.25. The second-order valence-corrected chi connectivity index (χ2v) is 5.56. The van der Waals surface area contributed by atoms with E-state index in [0.717, 1.165) is 10.2 Å². The van der Waals surface area contributed by atoms with E-state index in [9.17, 15) is 4.79 Å². The second kappa shape index (κ2) is 5.24. The number of nitrogens with one attached hydrogen (secondary N) is 2. The van der Waals surface area contributed by atoms with Gasteiger partial charge in [-0.3, -0.25) is 4.79 Å². The van der Waals surface area contributed by atoms with Gasteiger partial charge >= 0.3 is 0 Å². The Bertz CT molecular complexity index is 565. The van der Waals surface area contributed by atoms with Crippen molar-refractivity contribution < 1.29 is 9.53 Å². The number of thiazole rings is 1. The Morgan fingerprint density at radius 2 is 2.37 bits per heavy atom. The molecule has 100 valence electrons. The molecule has 0 bridgehead atoms. The van der Waals surface area contributed by atoms with Crippen LogP contribution in [-0.4, -0.2) is 36.7 Å². The van der Waals surface area contributed by atoms with Crippen LogP contribution in [-0.2, 0) is 9.53 Å². The first-order chi connectivity index (χ1) is 9.26. The zero-order valence-corrected chi connectivity index (χ0v) is 11.4. The van der Waals surface area contributed by atoms with E-state index in [1.165, 1.54) is 11.3 Å². The summed E-state index contributed by atoms with van der Waals surface area (Å²) in [6.07, 6.45) is 0.818. The summed E-state index contributed by atoms with van der Waals surface area (Å²) in [5.41, 5.74) is 0.914. The van der Waals surface area contributed by atoms with E-state index < -0.39 is 0 Å². The first-order valence-electron chi connectivity index (χ1n) is 6.19. The summed E-state index contributed by atoms with van der Waals surface area (Å²) >= 11 is 1.49. The van der Waals surface area contributed by atoms with Gasteiger partial charge in [0.1, 0.15) is 0 Å². The van der Waals surface area contributed by atoms with Crippen LogP contribution in [0.3, 0.4) is 0 Å². The van der Waals surface area contributed by atoms with E-state index in [4.69, 9.17) is 4.74 Å². The van der Waals surface area contributed by atoms with Crippen LogP contribution in [0.5, 0.6) is 0 Å². The molecule has 2 unspecified atom stereocenters. The van der Waals surface area contributed by atoms with Gasteiger partial charge in [-0.25, -0.2) is 4.98 Å². The standard InChI is InChI=1S/C13H15N3O2S/c1-18-8-6-10(14-7-8)12(17)16-13-15-9-4-2-3-5-11(9)19-13/h2-5,8,10,14H,6-7H2,1H3,(H,15,16,17). The third-order valence-corrected chi connectivity index (χ3v) is 4.22. The lowest BCUT2D eigenvalue weighted by Gasteiger charge is -2.08. The van der Waals surface area contributed by atoms with E-state index in [1.807, 2.05) is 24.3 Å². The molecule has 1 aromatic carbocycles. The molecule has 1 aliphatic heterocycles. The number of para-hydroxylation sites is 1. The maximum absolute atomic E-state index is 12.1. The molecule has 1 amide bonds. The maximum Gasteiger partial charge on any atom is 0.243 e. The molecular formula is C13H15N3O2S. The van der Waals surface area contributed by atoms with Gasteiger partial charge in [0.15, 0.2) is 5.13 Å². The van der Waals surface area contributed by atoms with E-state index in [-0.39, 0.29) is 18.1 Å². The lowest BCUT2D eigenvalue weighted by molar-refractivity contribution is -0.118. The number of methoxy groups -OCH3 is 1. The normalized spacial score (nSPS) is 22.8. The summed E-state index contributed by atoms with van der Waals surface area (Å²) in [4.78, 5) is 16.5. The third-order valence-electron chi connectivity index (χ3n) is 3.26. The van der Waals surface area contributed by atoms with E-state index in [1.54, 1.807) is 7.11 Å². The highest BCUT2D eigenvalue weighted by molar-refractivity contribution is 7.22. The molecule has 19 heavy (non-hydrogen) atoms. The molecule has 2 atom stereocenters. The number of amides is 1. The van der Waals surface area contributed by atoms with Crippen molar-refractivity contribution in [1.82, 2.24) is 10.3 Å². The minimum atomic E-state index is -0.197. The minimum absolute atomic E-state index is 0.0430. The SMILES string of the molecule is COC1CNC(C(=O)Nc2nc3ccccc3s2)C1. The monoisotopic (exact) mass is 277 g/mol. The van der Waals surface area contributed by atoms with E-state index in [0.29, 0.717) is 18.1 Å². The predicted octanol–water partition coefficient (Wildman–Crippen LogP) is 1.61. The molecule has 3 rings (SSSR count). The molecule has 1 aromatic heterocycles. The van der Waals surface area contributed by atoms with Crippen LogP contribution in [0.15, 0.2) is 24.3 Å². The summed E-state index contributed by atoms with van der Waals surface area (Å²) in [5.74, 6) is -0.0430. The fourth-order valence-electron chi connectivity index (χ4n) is 2.20. The minimum Gasteiger partial charge on any atom is -0.380 e. The number of hydrogen-bond donors (Lipinski definition) is 2. The topological polar surface area (TPSA) is 63.2 Å². The van der Waals surface area contributed by atoms with Crippen LogP contribution in [0.2, 0.25) is 0 Å². The summed E-state index contributed by atoms with van der Waals surface area (Å²) < 4.78 is 6.31. The number of hydrogen-bond acceptors (Lipinski definition) is 5. The highest BCUT2D eigenvalue weighted by Gasteiger charge is 2.29. The Morgan fingerprint density at radius 3 is 3.11 bits per heavy atom. The van der Waals surface area contributed by atoms with Crippen LogP contribution in [0.1, 0.15) is 6.42 Å². The van der Waals surface area contributed by atoms with Crippen LogP contribution in [0, 0.1) is 0 Å². The Balaban J connectivity index is 1.69. The van der Waals surface area contributed by atoms with Gasteiger partial charge in [-0.15, -0.1) is 0 Å². The summed E-state index contributed by atoms with van der Waals surface area (Å²) in [6, 6.07) is 7.65. The fraction of sp³-hybridized carbons (Fsp3) is 0.385. The lowest BCUT2D eigenvalue weighted by atomic mass is 10.2. The Morgan fingerprint density at radius 1 is 1.53 bits per heavy atom. The zero-order chi connectivity index (χ0) is 13.2. The first-order valence-corrected chi connectivity index (χ1v) is 7.00. The zero-order valence-electron chi connectivity index (χ0n) is 10.6. The molecule has 0 spiro atoms. The number of carbonyl (C=O) groups excluding carboxylic acids is 1. The maximum atomic E-state index is 12.1. The average Bonchev–Trinajstić information content (AvgIpc) is 3.04. The molecule has 1 aliphatic rings. The Hall–Kier alpha value is -1.50. The number of carbonyl (C=O) groups is 1. The smallest absolute Gasteiger partial charge is 0.243 e. The second-order valence-electron chi connectivity index (χ2n) is 4.53. The van der Waals surface area contributed by atoms with Gasteiger partial charge in [-0.1, -0.05) is 23.5 Å². The number of nitrogens with zero attached hydrogens (tertiary/aromatic N) is 1. The average molecular weight is 277 g/mol. The predicted molar refractivity (Wildman–Crippen MR) is 75.5 cm³/mol. The van der Waals surface area contributed by atoms with Gasteiger partial charge in [0, 0.05) is 13.7 Å². The van der Waals surface area contributed by atoms with Crippen molar-refractivity contribution in [3.05, 3.63) is 24.3 Å². The van der Waals surface area contributed by atoms with E-state index >= 15 is 0 Å². The van der Waals surface area contributed by atoms with Crippen molar-refractivity contribution >= 4 is 32.6 Å². The number of aromatic nitrogens is 1. The van der Waals surface area contributed by atoms with Crippen molar-refractivity contribution in [2.75, 3.05) is 19.0 Å². The molecule has 2 aromatic rings.